The van der Waals surface area contributed by atoms with E-state index in [1.165, 1.54) is 11.2 Å². The molecule has 0 radical (unpaired) electrons. The summed E-state index contributed by atoms with van der Waals surface area (Å²) in [6.45, 7) is 2.26. The average molecular weight is 439 g/mol. The minimum atomic E-state index is -3.54. The highest BCUT2D eigenvalue weighted by atomic mass is 32.2. The number of nitrogens with zero attached hydrogens (tertiary/aromatic N) is 1. The van der Waals surface area contributed by atoms with Crippen LogP contribution >= 0.6 is 0 Å². The summed E-state index contributed by atoms with van der Waals surface area (Å²) < 4.78 is 28.1. The molecule has 0 spiro atoms. The Hall–Kier alpha value is -3.43. The number of carbonyl (C=O) groups is 2. The first-order valence-corrected chi connectivity index (χ1v) is 11.3. The third-order valence-corrected chi connectivity index (χ3v) is 6.55. The monoisotopic (exact) mass is 438 g/mol. The van der Waals surface area contributed by atoms with Crippen LogP contribution in [0.4, 0.5) is 17.1 Å². The van der Waals surface area contributed by atoms with Crippen molar-refractivity contribution in [3.05, 3.63) is 66.2 Å². The predicted octanol–water partition coefficient (Wildman–Crippen LogP) is 3.10. The molecule has 0 aromatic heterocycles. The van der Waals surface area contributed by atoms with Crippen molar-refractivity contribution < 1.29 is 18.0 Å². The van der Waals surface area contributed by atoms with Crippen LogP contribution < -0.4 is 19.7 Å². The second-order valence-electron chi connectivity index (χ2n) is 7.21. The zero-order valence-electron chi connectivity index (χ0n) is 16.9. The van der Waals surface area contributed by atoms with E-state index >= 15 is 0 Å². The number of amides is 2. The van der Waals surface area contributed by atoms with Gasteiger partial charge < -0.3 is 10.6 Å². The van der Waals surface area contributed by atoms with Crippen molar-refractivity contribution in [2.75, 3.05) is 28.0 Å². The lowest BCUT2D eigenvalue weighted by Gasteiger charge is -2.28. The smallest absolute Gasteiger partial charge is 0.301 e. The maximum absolute atomic E-state index is 12.8. The molecule has 0 aliphatic carbocycles. The van der Waals surface area contributed by atoms with Crippen LogP contribution in [0.3, 0.4) is 0 Å². The number of benzene rings is 3. The van der Waals surface area contributed by atoms with Crippen molar-refractivity contribution in [3.8, 4) is 0 Å². The summed E-state index contributed by atoms with van der Waals surface area (Å²) in [5.41, 5.74) is 2.19. The highest BCUT2D eigenvalue weighted by molar-refractivity contribution is 7.90. The molecule has 3 aromatic carbocycles. The lowest BCUT2D eigenvalue weighted by molar-refractivity contribution is -0.114. The first kappa shape index (κ1) is 20.8. The van der Waals surface area contributed by atoms with Crippen molar-refractivity contribution in [1.82, 2.24) is 4.72 Å². The Morgan fingerprint density at radius 2 is 1.52 bits per heavy atom. The zero-order chi connectivity index (χ0) is 22.0. The summed E-state index contributed by atoms with van der Waals surface area (Å²) >= 11 is 0. The summed E-state index contributed by atoms with van der Waals surface area (Å²) in [5.74, 6) is -0.489. The number of hydrogen-bond donors (Lipinski definition) is 3. The summed E-state index contributed by atoms with van der Waals surface area (Å²) in [4.78, 5) is 24.3. The van der Waals surface area contributed by atoms with Gasteiger partial charge in [-0.05, 0) is 42.8 Å². The van der Waals surface area contributed by atoms with E-state index in [0.29, 0.717) is 42.1 Å². The van der Waals surface area contributed by atoms with Crippen molar-refractivity contribution >= 4 is 49.9 Å². The van der Waals surface area contributed by atoms with Crippen LogP contribution in [0.1, 0.15) is 23.7 Å². The van der Waals surface area contributed by atoms with Crippen LogP contribution in [-0.4, -0.2) is 33.3 Å². The predicted molar refractivity (Wildman–Crippen MR) is 122 cm³/mol. The van der Waals surface area contributed by atoms with Crippen molar-refractivity contribution in [3.63, 3.8) is 0 Å². The van der Waals surface area contributed by atoms with Gasteiger partial charge in [0, 0.05) is 47.7 Å². The van der Waals surface area contributed by atoms with Crippen LogP contribution in [0.25, 0.3) is 10.8 Å². The molecule has 160 valence electrons. The molecule has 3 N–H and O–H groups in total. The number of anilines is 3. The fourth-order valence-electron chi connectivity index (χ4n) is 3.58. The van der Waals surface area contributed by atoms with Crippen LogP contribution in [0, 0.1) is 0 Å². The largest absolute Gasteiger partial charge is 0.326 e. The van der Waals surface area contributed by atoms with Crippen LogP contribution in [0.5, 0.6) is 0 Å². The molecule has 0 bridgehead atoms. The molecule has 1 fully saturated rings. The SMILES string of the molecule is CC(=O)Nc1cccc2c(NC(=O)c3ccc(N4CCCNS4(=O)=O)cc3)cccc12. The first-order chi connectivity index (χ1) is 14.8. The Kier molecular flexibility index (Phi) is 5.62. The van der Waals surface area contributed by atoms with Crippen molar-refractivity contribution in [1.29, 1.82) is 0 Å². The highest BCUT2D eigenvalue weighted by Crippen LogP contribution is 2.30. The second kappa shape index (κ2) is 8.37. The van der Waals surface area contributed by atoms with E-state index < -0.39 is 10.2 Å². The molecule has 9 heteroatoms. The van der Waals surface area contributed by atoms with Gasteiger partial charge in [-0.3, -0.25) is 13.9 Å². The van der Waals surface area contributed by atoms with Crippen LogP contribution in [-0.2, 0) is 15.0 Å². The van der Waals surface area contributed by atoms with E-state index in [2.05, 4.69) is 15.4 Å². The Morgan fingerprint density at radius 1 is 0.903 bits per heavy atom. The third-order valence-electron chi connectivity index (χ3n) is 5.01. The van der Waals surface area contributed by atoms with Crippen LogP contribution in [0.15, 0.2) is 60.7 Å². The van der Waals surface area contributed by atoms with Crippen LogP contribution in [0.2, 0.25) is 0 Å². The van der Waals surface area contributed by atoms with E-state index in [1.807, 2.05) is 18.2 Å². The molecule has 8 nitrogen and oxygen atoms in total. The molecular formula is C22H22N4O4S. The number of rotatable bonds is 4. The molecule has 2 amide bonds. The van der Waals surface area contributed by atoms with Gasteiger partial charge in [-0.25, -0.2) is 0 Å². The summed E-state index contributed by atoms with van der Waals surface area (Å²) in [6, 6.07) is 17.4. The fraction of sp³-hybridized carbons (Fsp3) is 0.182. The van der Waals surface area contributed by atoms with Gasteiger partial charge >= 0.3 is 10.2 Å². The summed E-state index contributed by atoms with van der Waals surface area (Å²) in [7, 11) is -3.54. The van der Waals surface area contributed by atoms with Gasteiger partial charge in [0.1, 0.15) is 0 Å². The lowest BCUT2D eigenvalue weighted by Crippen LogP contribution is -2.47. The molecule has 3 aromatic rings. The number of carbonyl (C=O) groups excluding carboxylic acids is 2. The molecule has 1 aliphatic rings. The minimum Gasteiger partial charge on any atom is -0.326 e. The van der Waals surface area contributed by atoms with Crippen molar-refractivity contribution in [2.45, 2.75) is 13.3 Å². The number of nitrogens with one attached hydrogen (secondary N) is 3. The fourth-order valence-corrected chi connectivity index (χ4v) is 4.91. The first-order valence-electron chi connectivity index (χ1n) is 9.83. The molecular weight excluding hydrogens is 416 g/mol. The standard InChI is InChI=1S/C22H22N4O4S/c1-15(27)24-20-7-2-6-19-18(20)5-3-8-21(19)25-22(28)16-9-11-17(12-10-16)26-14-4-13-23-31(26,29)30/h2-3,5-12,23H,4,13-14H2,1H3,(H,24,27)(H,25,28). The van der Waals surface area contributed by atoms with E-state index in [0.717, 1.165) is 10.8 Å². The van der Waals surface area contributed by atoms with Gasteiger partial charge in [0.05, 0.1) is 5.69 Å². The molecule has 0 saturated carbocycles. The maximum Gasteiger partial charge on any atom is 0.301 e. The lowest BCUT2D eigenvalue weighted by atomic mass is 10.1. The maximum atomic E-state index is 12.8. The normalized spacial score (nSPS) is 15.5. The number of fused-ring (bicyclic) bond motifs is 1. The Balaban J connectivity index is 1.57. The molecule has 4 rings (SSSR count). The molecule has 1 saturated heterocycles. The van der Waals surface area contributed by atoms with Gasteiger partial charge in [-0.15, -0.1) is 0 Å². The Labute approximate surface area is 180 Å². The molecule has 1 aliphatic heterocycles. The Morgan fingerprint density at radius 3 is 2.10 bits per heavy atom. The minimum absolute atomic E-state index is 0.173. The van der Waals surface area contributed by atoms with E-state index in [9.17, 15) is 18.0 Å². The average Bonchev–Trinajstić information content (AvgIpc) is 2.74. The van der Waals surface area contributed by atoms with E-state index in [4.69, 9.17) is 0 Å². The quantitative estimate of drug-likeness (QED) is 0.582. The third kappa shape index (κ3) is 4.37. The topological polar surface area (TPSA) is 108 Å². The zero-order valence-corrected chi connectivity index (χ0v) is 17.7. The molecule has 1 heterocycles. The van der Waals surface area contributed by atoms with E-state index in [-0.39, 0.29) is 11.8 Å². The molecule has 0 unspecified atom stereocenters. The molecule has 0 atom stereocenters. The van der Waals surface area contributed by atoms with Gasteiger partial charge in [-0.1, -0.05) is 24.3 Å². The summed E-state index contributed by atoms with van der Waals surface area (Å²) in [5, 5.41) is 7.30. The van der Waals surface area contributed by atoms with Crippen molar-refractivity contribution in [2.24, 2.45) is 0 Å². The highest BCUT2D eigenvalue weighted by Gasteiger charge is 2.25. The Bertz CT molecular complexity index is 1260. The second-order valence-corrected chi connectivity index (χ2v) is 8.89. The summed E-state index contributed by atoms with van der Waals surface area (Å²) in [6.07, 6.45) is 0.711. The van der Waals surface area contributed by atoms with Gasteiger partial charge in [0.15, 0.2) is 0 Å². The van der Waals surface area contributed by atoms with Gasteiger partial charge in [0.2, 0.25) is 5.91 Å². The van der Waals surface area contributed by atoms with E-state index in [1.54, 1.807) is 42.5 Å². The van der Waals surface area contributed by atoms with Gasteiger partial charge in [-0.2, -0.15) is 13.1 Å². The molecule has 31 heavy (non-hydrogen) atoms. The number of hydrogen-bond acceptors (Lipinski definition) is 4. The van der Waals surface area contributed by atoms with Gasteiger partial charge in [0.25, 0.3) is 5.91 Å².